The summed E-state index contributed by atoms with van der Waals surface area (Å²) in [4.78, 5) is 26.1. The van der Waals surface area contributed by atoms with Crippen LogP contribution in [0.15, 0.2) is 0 Å². The van der Waals surface area contributed by atoms with Gasteiger partial charge in [0, 0.05) is 24.5 Å². The number of nitrogens with zero attached hydrogens (tertiary/aromatic N) is 1. The van der Waals surface area contributed by atoms with Crippen LogP contribution in [-0.4, -0.2) is 41.0 Å². The lowest BCUT2D eigenvalue weighted by Crippen LogP contribution is -2.47. The summed E-state index contributed by atoms with van der Waals surface area (Å²) >= 11 is 0. The van der Waals surface area contributed by atoms with Crippen molar-refractivity contribution in [3.63, 3.8) is 0 Å². The summed E-state index contributed by atoms with van der Waals surface area (Å²) in [5.41, 5.74) is -0.170. The number of rotatable bonds is 2. The molecule has 5 nitrogen and oxygen atoms in total. The van der Waals surface area contributed by atoms with Crippen LogP contribution in [0.1, 0.15) is 46.5 Å². The van der Waals surface area contributed by atoms with Crippen LogP contribution < -0.4 is 10.6 Å². The van der Waals surface area contributed by atoms with Gasteiger partial charge in [-0.2, -0.15) is 0 Å². The SMILES string of the molecule is CC(C)(C)N1C[C@H](NC(=O)NC2[C@@H]3[C@H]4CC[C@@H](C4)[C@H]23)CC1=O. The molecule has 5 heteroatoms. The van der Waals surface area contributed by atoms with Crippen LogP contribution in [-0.2, 0) is 4.79 Å². The Morgan fingerprint density at radius 2 is 1.77 bits per heavy atom. The third-order valence-electron chi connectivity index (χ3n) is 6.30. The molecule has 2 N–H and O–H groups in total. The molecular formula is C17H27N3O2. The van der Waals surface area contributed by atoms with E-state index < -0.39 is 0 Å². The van der Waals surface area contributed by atoms with Crippen LogP contribution >= 0.6 is 0 Å². The molecule has 3 amide bonds. The van der Waals surface area contributed by atoms with Crippen LogP contribution in [0.3, 0.4) is 0 Å². The molecule has 6 atom stereocenters. The lowest BCUT2D eigenvalue weighted by molar-refractivity contribution is -0.131. The van der Waals surface area contributed by atoms with Crippen molar-refractivity contribution in [2.24, 2.45) is 23.7 Å². The van der Waals surface area contributed by atoms with Gasteiger partial charge in [0.2, 0.25) is 5.91 Å². The van der Waals surface area contributed by atoms with Gasteiger partial charge in [0.05, 0.1) is 6.04 Å². The Balaban J connectivity index is 1.28. The summed E-state index contributed by atoms with van der Waals surface area (Å²) in [5.74, 6) is 3.37. The lowest BCUT2D eigenvalue weighted by atomic mass is 10.0. The van der Waals surface area contributed by atoms with Crippen LogP contribution in [0.2, 0.25) is 0 Å². The maximum absolute atomic E-state index is 12.2. The number of carbonyl (C=O) groups excluding carboxylic acids is 2. The fourth-order valence-electron chi connectivity index (χ4n) is 5.35. The Labute approximate surface area is 132 Å². The maximum Gasteiger partial charge on any atom is 0.315 e. The molecule has 1 heterocycles. The molecule has 4 rings (SSSR count). The second-order valence-electron chi connectivity index (χ2n) is 8.71. The minimum atomic E-state index is -0.170. The van der Waals surface area contributed by atoms with Gasteiger partial charge in [0.25, 0.3) is 0 Å². The van der Waals surface area contributed by atoms with E-state index in [1.54, 1.807) is 0 Å². The highest BCUT2D eigenvalue weighted by molar-refractivity contribution is 5.82. The molecule has 4 fully saturated rings. The van der Waals surface area contributed by atoms with Gasteiger partial charge in [0.1, 0.15) is 0 Å². The standard InChI is InChI=1S/C17H27N3O2/c1-17(2,3)20-8-11(7-12(20)21)18-16(22)19-15-13-9-4-5-10(6-9)14(13)15/h9-11,13-15H,4-8H2,1-3H3,(H2,18,19,22)/t9-,10-,11+,13-,14+,15?/m0/s1. The highest BCUT2D eigenvalue weighted by atomic mass is 16.2. The number of carbonyl (C=O) groups is 2. The van der Waals surface area contributed by atoms with E-state index in [4.69, 9.17) is 0 Å². The molecule has 0 aromatic rings. The van der Waals surface area contributed by atoms with E-state index in [0.717, 1.165) is 23.7 Å². The summed E-state index contributed by atoms with van der Waals surface area (Å²) in [5, 5.41) is 6.18. The molecule has 4 aliphatic rings. The maximum atomic E-state index is 12.2. The number of nitrogens with one attached hydrogen (secondary N) is 2. The van der Waals surface area contributed by atoms with Crippen LogP contribution in [0.5, 0.6) is 0 Å². The molecule has 122 valence electrons. The minimum absolute atomic E-state index is 0.0537. The van der Waals surface area contributed by atoms with Crippen LogP contribution in [0.4, 0.5) is 4.79 Å². The lowest BCUT2D eigenvalue weighted by Gasteiger charge is -2.32. The molecule has 22 heavy (non-hydrogen) atoms. The van der Waals surface area contributed by atoms with Crippen molar-refractivity contribution in [3.8, 4) is 0 Å². The first-order valence-electron chi connectivity index (χ1n) is 8.72. The summed E-state index contributed by atoms with van der Waals surface area (Å²) in [6, 6.07) is 0.275. The van der Waals surface area contributed by atoms with Gasteiger partial charge < -0.3 is 15.5 Å². The summed E-state index contributed by atoms with van der Waals surface area (Å²) in [6.45, 7) is 6.73. The number of urea groups is 1. The van der Waals surface area contributed by atoms with Crippen molar-refractivity contribution in [1.82, 2.24) is 15.5 Å². The molecule has 2 bridgehead atoms. The third-order valence-corrected chi connectivity index (χ3v) is 6.30. The van der Waals surface area contributed by atoms with E-state index in [1.165, 1.54) is 19.3 Å². The van der Waals surface area contributed by atoms with E-state index >= 15 is 0 Å². The molecule has 0 aromatic heterocycles. The zero-order valence-corrected chi connectivity index (χ0v) is 13.8. The van der Waals surface area contributed by atoms with Crippen molar-refractivity contribution < 1.29 is 9.59 Å². The molecule has 3 saturated carbocycles. The number of amides is 3. The second-order valence-corrected chi connectivity index (χ2v) is 8.71. The van der Waals surface area contributed by atoms with Gasteiger partial charge in [-0.3, -0.25) is 4.79 Å². The second kappa shape index (κ2) is 4.62. The van der Waals surface area contributed by atoms with Crippen LogP contribution in [0.25, 0.3) is 0 Å². The molecule has 1 unspecified atom stereocenters. The van der Waals surface area contributed by atoms with Gasteiger partial charge >= 0.3 is 6.03 Å². The number of hydrogen-bond acceptors (Lipinski definition) is 2. The molecule has 0 spiro atoms. The van der Waals surface area contributed by atoms with E-state index in [1.807, 2.05) is 25.7 Å². The van der Waals surface area contributed by atoms with Gasteiger partial charge in [-0.1, -0.05) is 0 Å². The summed E-state index contributed by atoms with van der Waals surface area (Å²) in [6.07, 6.45) is 4.55. The average Bonchev–Trinajstić information content (AvgIpc) is 2.80. The van der Waals surface area contributed by atoms with Gasteiger partial charge in [-0.25, -0.2) is 4.79 Å². The number of fused-ring (bicyclic) bond motifs is 5. The number of likely N-dealkylation sites (tertiary alicyclic amines) is 1. The molecule has 0 aromatic carbocycles. The van der Waals surface area contributed by atoms with Crippen LogP contribution in [0, 0.1) is 23.7 Å². The first-order valence-corrected chi connectivity index (χ1v) is 8.72. The third kappa shape index (κ3) is 2.20. The largest absolute Gasteiger partial charge is 0.336 e. The Morgan fingerprint density at radius 3 is 2.32 bits per heavy atom. The zero-order valence-electron chi connectivity index (χ0n) is 13.8. The smallest absolute Gasteiger partial charge is 0.315 e. The minimum Gasteiger partial charge on any atom is -0.336 e. The van der Waals surface area contributed by atoms with Crippen molar-refractivity contribution in [2.75, 3.05) is 6.54 Å². The first-order chi connectivity index (χ1) is 10.3. The summed E-state index contributed by atoms with van der Waals surface area (Å²) < 4.78 is 0. The predicted octanol–water partition coefficient (Wildman–Crippen LogP) is 1.73. The Hall–Kier alpha value is -1.26. The normalized spacial score (nSPS) is 42.5. The van der Waals surface area contributed by atoms with E-state index in [0.29, 0.717) is 19.0 Å². The van der Waals surface area contributed by atoms with Crippen molar-refractivity contribution in [2.45, 2.75) is 64.1 Å². The molecular weight excluding hydrogens is 278 g/mol. The Bertz CT molecular complexity index is 497. The quantitative estimate of drug-likeness (QED) is 0.816. The van der Waals surface area contributed by atoms with E-state index in [-0.39, 0.29) is 23.5 Å². The molecule has 1 saturated heterocycles. The topological polar surface area (TPSA) is 61.4 Å². The highest BCUT2D eigenvalue weighted by Crippen LogP contribution is 2.65. The fourth-order valence-corrected chi connectivity index (χ4v) is 5.35. The predicted molar refractivity (Wildman–Crippen MR) is 83.1 cm³/mol. The zero-order chi connectivity index (χ0) is 15.6. The molecule has 1 aliphatic heterocycles. The monoisotopic (exact) mass is 305 g/mol. The van der Waals surface area contributed by atoms with E-state index in [2.05, 4.69) is 10.6 Å². The van der Waals surface area contributed by atoms with Gasteiger partial charge in [-0.05, 0) is 63.7 Å². The fraction of sp³-hybridized carbons (Fsp3) is 0.882. The Morgan fingerprint density at radius 1 is 1.14 bits per heavy atom. The van der Waals surface area contributed by atoms with Crippen molar-refractivity contribution >= 4 is 11.9 Å². The van der Waals surface area contributed by atoms with Gasteiger partial charge in [0.15, 0.2) is 0 Å². The molecule has 0 radical (unpaired) electrons. The molecule has 3 aliphatic carbocycles. The number of hydrogen-bond donors (Lipinski definition) is 2. The van der Waals surface area contributed by atoms with Gasteiger partial charge in [-0.15, -0.1) is 0 Å². The van der Waals surface area contributed by atoms with Crippen molar-refractivity contribution in [3.05, 3.63) is 0 Å². The highest BCUT2D eigenvalue weighted by Gasteiger charge is 2.65. The summed E-state index contributed by atoms with van der Waals surface area (Å²) in [7, 11) is 0. The average molecular weight is 305 g/mol. The first kappa shape index (κ1) is 14.3. The Kier molecular flexibility index (Phi) is 3.01. The van der Waals surface area contributed by atoms with Crippen molar-refractivity contribution in [1.29, 1.82) is 0 Å². The van der Waals surface area contributed by atoms with E-state index in [9.17, 15) is 9.59 Å².